The summed E-state index contributed by atoms with van der Waals surface area (Å²) in [6.45, 7) is 1.91. The topological polar surface area (TPSA) is 302 Å². The first-order chi connectivity index (χ1) is 27.6. The SMILES string of the molecule is COc1cc(/C=C/COC(=O)/C=C/c2ccc(O)c(O)c2)cc(OC)c1O[C@@H]1OC(CO)[C@@H](O)[C@H](O)C1OC1OC(C)C(O)C(O)C1OC1O[C@H](C)[C@@H](O)[C@H](O)[C@@H]1O. The minimum Gasteiger partial charge on any atom is -0.504 e. The maximum Gasteiger partial charge on any atom is 0.331 e. The van der Waals surface area contributed by atoms with E-state index in [-0.39, 0.29) is 35.4 Å². The maximum absolute atomic E-state index is 12.2. The van der Waals surface area contributed by atoms with Crippen LogP contribution in [0.2, 0.25) is 0 Å². The minimum absolute atomic E-state index is 0.0696. The summed E-state index contributed by atoms with van der Waals surface area (Å²) in [7, 11) is 2.65. The van der Waals surface area contributed by atoms with Crippen LogP contribution in [0.1, 0.15) is 25.0 Å². The summed E-state index contributed by atoms with van der Waals surface area (Å²) < 4.78 is 51.5. The van der Waals surface area contributed by atoms with Gasteiger partial charge in [0, 0.05) is 6.08 Å². The van der Waals surface area contributed by atoms with Crippen molar-refractivity contribution < 1.29 is 98.5 Å². The first-order valence-electron chi connectivity index (χ1n) is 18.2. The highest BCUT2D eigenvalue weighted by molar-refractivity contribution is 5.87. The van der Waals surface area contributed by atoms with Crippen molar-refractivity contribution in [3.05, 3.63) is 53.6 Å². The molecule has 0 saturated carbocycles. The summed E-state index contributed by atoms with van der Waals surface area (Å²) in [5.41, 5.74) is 0.945. The van der Waals surface area contributed by atoms with Crippen LogP contribution >= 0.6 is 0 Å². The molecule has 58 heavy (non-hydrogen) atoms. The van der Waals surface area contributed by atoms with E-state index in [1.807, 2.05) is 0 Å². The van der Waals surface area contributed by atoms with Gasteiger partial charge in [-0.05, 0) is 61.4 Å². The second-order valence-electron chi connectivity index (χ2n) is 13.8. The molecule has 10 N–H and O–H groups in total. The Morgan fingerprint density at radius 3 is 1.88 bits per heavy atom. The van der Waals surface area contributed by atoms with Crippen LogP contribution in [0, 0.1) is 0 Å². The monoisotopic (exact) mass is 826 g/mol. The van der Waals surface area contributed by atoms with Crippen molar-refractivity contribution in [1.29, 1.82) is 0 Å². The molecule has 3 heterocycles. The van der Waals surface area contributed by atoms with Gasteiger partial charge in [0.15, 0.2) is 41.7 Å². The van der Waals surface area contributed by atoms with Crippen LogP contribution in [0.3, 0.4) is 0 Å². The molecule has 20 heteroatoms. The zero-order valence-corrected chi connectivity index (χ0v) is 31.8. The molecule has 0 amide bonds. The lowest BCUT2D eigenvalue weighted by Crippen LogP contribution is -2.66. The second kappa shape index (κ2) is 19.7. The number of phenols is 2. The number of aliphatic hydroxyl groups is 8. The number of hydrogen-bond acceptors (Lipinski definition) is 20. The van der Waals surface area contributed by atoms with Crippen molar-refractivity contribution in [1.82, 2.24) is 0 Å². The summed E-state index contributed by atoms with van der Waals surface area (Å²) in [4.78, 5) is 12.2. The molecule has 20 nitrogen and oxygen atoms in total. The van der Waals surface area contributed by atoms with Crippen LogP contribution in [0.15, 0.2) is 42.5 Å². The van der Waals surface area contributed by atoms with Crippen molar-refractivity contribution >= 4 is 18.1 Å². The largest absolute Gasteiger partial charge is 0.504 e. The molecule has 3 aliphatic rings. The molecule has 5 rings (SSSR count). The van der Waals surface area contributed by atoms with Crippen LogP contribution in [0.5, 0.6) is 28.7 Å². The number of hydrogen-bond donors (Lipinski definition) is 10. The first-order valence-corrected chi connectivity index (χ1v) is 18.2. The van der Waals surface area contributed by atoms with E-state index in [9.17, 15) is 55.9 Å². The Morgan fingerprint density at radius 1 is 0.672 bits per heavy atom. The molecular weight excluding hydrogens is 776 g/mol. The van der Waals surface area contributed by atoms with Crippen molar-refractivity contribution in [2.45, 2.75) is 106 Å². The van der Waals surface area contributed by atoms with Crippen molar-refractivity contribution in [3.8, 4) is 28.7 Å². The van der Waals surface area contributed by atoms with Crippen LogP contribution in [0.4, 0.5) is 0 Å². The number of methoxy groups -OCH3 is 2. The van der Waals surface area contributed by atoms with E-state index < -0.39 is 105 Å². The van der Waals surface area contributed by atoms with Gasteiger partial charge in [-0.1, -0.05) is 12.1 Å². The normalized spacial score (nSPS) is 35.6. The summed E-state index contributed by atoms with van der Waals surface area (Å²) in [6, 6.07) is 7.09. The third-order valence-electron chi connectivity index (χ3n) is 9.76. The Bertz CT molecular complexity index is 1710. The van der Waals surface area contributed by atoms with E-state index in [2.05, 4.69) is 0 Å². The van der Waals surface area contributed by atoms with Gasteiger partial charge in [0.2, 0.25) is 12.0 Å². The predicted molar refractivity (Wildman–Crippen MR) is 195 cm³/mol. The molecule has 2 aromatic rings. The molecule has 0 aliphatic carbocycles. The standard InChI is InChI=1S/C38H50O20/c1-16-26(43)29(46)32(49)36(53-16)57-34-30(47)27(44)17(2)54-37(34)58-35-31(48)28(45)24(15-39)55-38(35)56-33-22(50-3)13-19(14-23(33)51-4)6-5-11-52-25(42)10-8-18-7-9-20(40)21(41)12-18/h5-10,12-14,16-17,24,26-32,34-41,43-49H,11,15H2,1-4H3/b6-5+,10-8+/t16-,17?,24?,26-,27?,28-,29+,30?,31+,32+,34?,35?,36?,37?,38+/m1/s1. The zero-order chi connectivity index (χ0) is 42.4. The Morgan fingerprint density at radius 2 is 1.26 bits per heavy atom. The molecule has 8 unspecified atom stereocenters. The summed E-state index contributed by atoms with van der Waals surface area (Å²) >= 11 is 0. The maximum atomic E-state index is 12.2. The molecule has 0 radical (unpaired) electrons. The molecule has 3 saturated heterocycles. The Labute approximate surface area is 332 Å². The van der Waals surface area contributed by atoms with Gasteiger partial charge in [0.1, 0.15) is 61.5 Å². The molecule has 3 fully saturated rings. The lowest BCUT2D eigenvalue weighted by Gasteiger charge is -2.48. The van der Waals surface area contributed by atoms with Crippen LogP contribution in [-0.4, -0.2) is 177 Å². The fourth-order valence-electron chi connectivity index (χ4n) is 6.39. The molecular formula is C38H50O20. The van der Waals surface area contributed by atoms with Gasteiger partial charge in [0.05, 0.1) is 33.0 Å². The average molecular weight is 827 g/mol. The predicted octanol–water partition coefficient (Wildman–Crippen LogP) is -1.73. The third-order valence-corrected chi connectivity index (χ3v) is 9.76. The third kappa shape index (κ3) is 10.2. The minimum atomic E-state index is -1.85. The van der Waals surface area contributed by atoms with E-state index in [4.69, 9.17) is 42.6 Å². The van der Waals surface area contributed by atoms with E-state index in [1.165, 1.54) is 70.6 Å². The number of rotatable bonds is 14. The quantitative estimate of drug-likeness (QED) is 0.0575. The molecule has 0 spiro atoms. The Kier molecular flexibility index (Phi) is 15.3. The van der Waals surface area contributed by atoms with Crippen LogP contribution in [-0.2, 0) is 33.2 Å². The Hall–Kier alpha value is -4.13. The molecule has 0 aromatic heterocycles. The van der Waals surface area contributed by atoms with Crippen molar-refractivity contribution in [2.24, 2.45) is 0 Å². The number of benzene rings is 2. The van der Waals surface area contributed by atoms with Crippen LogP contribution < -0.4 is 14.2 Å². The Balaban J connectivity index is 1.34. The number of aromatic hydroxyl groups is 2. The fourth-order valence-corrected chi connectivity index (χ4v) is 6.39. The van der Waals surface area contributed by atoms with Gasteiger partial charge in [-0.15, -0.1) is 0 Å². The summed E-state index contributed by atoms with van der Waals surface area (Å²) in [6.07, 6.45) is -18.2. The number of phenolic OH excluding ortho intramolecular Hbond substituents is 2. The molecule has 322 valence electrons. The van der Waals surface area contributed by atoms with Gasteiger partial charge in [-0.25, -0.2) is 4.79 Å². The smallest absolute Gasteiger partial charge is 0.331 e. The van der Waals surface area contributed by atoms with Gasteiger partial charge in [-0.2, -0.15) is 0 Å². The van der Waals surface area contributed by atoms with Crippen molar-refractivity contribution in [2.75, 3.05) is 27.4 Å². The lowest BCUT2D eigenvalue weighted by atomic mass is 9.97. The number of carbonyl (C=O) groups excluding carboxylic acids is 1. The van der Waals surface area contributed by atoms with E-state index in [1.54, 1.807) is 6.08 Å². The van der Waals surface area contributed by atoms with Crippen molar-refractivity contribution in [3.63, 3.8) is 0 Å². The average Bonchev–Trinajstić information content (AvgIpc) is 3.21. The highest BCUT2D eigenvalue weighted by atomic mass is 16.8. The first kappa shape index (κ1) is 45.0. The fraction of sp³-hybridized carbons (Fsp3) is 0.553. The second-order valence-corrected chi connectivity index (χ2v) is 13.8. The summed E-state index contributed by atoms with van der Waals surface area (Å²) in [5.74, 6) is -1.27. The number of ether oxygens (including phenoxy) is 9. The highest BCUT2D eigenvalue weighted by Gasteiger charge is 2.53. The molecule has 3 aliphatic heterocycles. The highest BCUT2D eigenvalue weighted by Crippen LogP contribution is 2.42. The van der Waals surface area contributed by atoms with Crippen LogP contribution in [0.25, 0.3) is 12.2 Å². The van der Waals surface area contributed by atoms with Gasteiger partial charge in [0.25, 0.3) is 0 Å². The summed E-state index contributed by atoms with van der Waals surface area (Å²) in [5, 5.41) is 104. The van der Waals surface area contributed by atoms with E-state index in [0.29, 0.717) is 11.1 Å². The molecule has 2 aromatic carbocycles. The number of esters is 1. The van der Waals surface area contributed by atoms with Gasteiger partial charge >= 0.3 is 5.97 Å². The van der Waals surface area contributed by atoms with Gasteiger partial charge in [-0.3, -0.25) is 0 Å². The van der Waals surface area contributed by atoms with E-state index in [0.717, 1.165) is 6.08 Å². The number of aliphatic hydroxyl groups excluding tert-OH is 8. The molecule has 15 atom stereocenters. The lowest BCUT2D eigenvalue weighted by molar-refractivity contribution is -0.385. The van der Waals surface area contributed by atoms with Gasteiger partial charge < -0.3 is 93.7 Å². The number of carbonyl (C=O) groups is 1. The van der Waals surface area contributed by atoms with E-state index >= 15 is 0 Å². The molecule has 0 bridgehead atoms. The zero-order valence-electron chi connectivity index (χ0n) is 31.8.